The summed E-state index contributed by atoms with van der Waals surface area (Å²) in [6, 6.07) is 11.9. The third kappa shape index (κ3) is 5.69. The Bertz CT molecular complexity index is 1100. The number of ether oxygens (including phenoxy) is 2. The van der Waals surface area contributed by atoms with Gasteiger partial charge in [-0.3, -0.25) is 9.55 Å². The number of aryl methyl sites for hydroxylation is 1. The van der Waals surface area contributed by atoms with Crippen LogP contribution in [0.4, 0.5) is 0 Å². The lowest BCUT2D eigenvalue weighted by Gasteiger charge is -2.09. The van der Waals surface area contributed by atoms with Crippen molar-refractivity contribution in [1.29, 1.82) is 0 Å². The largest absolute Gasteiger partial charge is 0.486 e. The first kappa shape index (κ1) is 21.5. The topological polar surface area (TPSA) is 75.0 Å². The van der Waals surface area contributed by atoms with E-state index in [4.69, 9.17) is 14.5 Å². The summed E-state index contributed by atoms with van der Waals surface area (Å²) < 4.78 is 13.2. The smallest absolute Gasteiger partial charge is 0.191 e. The molecule has 4 rings (SSSR count). The van der Waals surface area contributed by atoms with Crippen LogP contribution in [-0.2, 0) is 23.6 Å². The molecule has 4 aromatic rings. The predicted molar refractivity (Wildman–Crippen MR) is 122 cm³/mol. The van der Waals surface area contributed by atoms with E-state index in [0.717, 1.165) is 33.0 Å². The minimum Gasteiger partial charge on any atom is -0.486 e. The molecule has 31 heavy (non-hydrogen) atoms. The van der Waals surface area contributed by atoms with Crippen molar-refractivity contribution in [1.82, 2.24) is 24.7 Å². The first-order valence-electron chi connectivity index (χ1n) is 9.81. The highest BCUT2D eigenvalue weighted by Crippen LogP contribution is 2.27. The summed E-state index contributed by atoms with van der Waals surface area (Å²) in [4.78, 5) is 8.78. The second kappa shape index (κ2) is 10.5. The summed E-state index contributed by atoms with van der Waals surface area (Å²) in [5, 5.41) is 12.7. The Balaban J connectivity index is 1.40. The molecule has 0 aliphatic heterocycles. The van der Waals surface area contributed by atoms with Gasteiger partial charge in [-0.15, -0.1) is 21.5 Å². The molecule has 0 unspecified atom stereocenters. The number of benzene rings is 1. The van der Waals surface area contributed by atoms with Gasteiger partial charge in [-0.2, -0.15) is 0 Å². The monoisotopic (exact) mass is 453 g/mol. The average molecular weight is 454 g/mol. The maximum atomic E-state index is 5.83. The highest BCUT2D eigenvalue weighted by Gasteiger charge is 2.15. The van der Waals surface area contributed by atoms with Gasteiger partial charge in [0.15, 0.2) is 11.0 Å². The predicted octanol–water partition coefficient (Wildman–Crippen LogP) is 4.62. The molecular formula is C22H23N5O2S2. The molecule has 160 valence electrons. The van der Waals surface area contributed by atoms with E-state index in [1.54, 1.807) is 42.6 Å². The van der Waals surface area contributed by atoms with Gasteiger partial charge >= 0.3 is 0 Å². The lowest BCUT2D eigenvalue weighted by Crippen LogP contribution is -2.07. The zero-order valence-electron chi connectivity index (χ0n) is 17.4. The summed E-state index contributed by atoms with van der Waals surface area (Å²) in [5.74, 6) is 2.38. The molecule has 0 spiro atoms. The Kier molecular flexibility index (Phi) is 7.29. The summed E-state index contributed by atoms with van der Waals surface area (Å²) in [5.41, 5.74) is 3.20. The van der Waals surface area contributed by atoms with Crippen molar-refractivity contribution in [3.63, 3.8) is 0 Å². The zero-order valence-corrected chi connectivity index (χ0v) is 19.0. The van der Waals surface area contributed by atoms with Gasteiger partial charge in [0.25, 0.3) is 0 Å². The number of aromatic nitrogens is 5. The molecule has 3 heterocycles. The molecule has 0 saturated heterocycles. The van der Waals surface area contributed by atoms with E-state index in [1.165, 1.54) is 5.56 Å². The highest BCUT2D eigenvalue weighted by molar-refractivity contribution is 7.98. The molecular weight excluding hydrogens is 430 g/mol. The molecule has 0 radical (unpaired) electrons. The van der Waals surface area contributed by atoms with Crippen LogP contribution in [0, 0.1) is 6.92 Å². The Morgan fingerprint density at radius 2 is 1.87 bits per heavy atom. The van der Waals surface area contributed by atoms with Gasteiger partial charge in [0.1, 0.15) is 17.4 Å². The fourth-order valence-corrected chi connectivity index (χ4v) is 4.56. The van der Waals surface area contributed by atoms with Crippen molar-refractivity contribution in [3.05, 3.63) is 70.4 Å². The zero-order chi connectivity index (χ0) is 21.5. The van der Waals surface area contributed by atoms with Gasteiger partial charge in [-0.1, -0.05) is 29.5 Å². The van der Waals surface area contributed by atoms with E-state index in [0.29, 0.717) is 25.5 Å². The van der Waals surface area contributed by atoms with Gasteiger partial charge in [0.05, 0.1) is 18.8 Å². The van der Waals surface area contributed by atoms with E-state index < -0.39 is 0 Å². The van der Waals surface area contributed by atoms with Crippen molar-refractivity contribution in [2.75, 3.05) is 13.7 Å². The van der Waals surface area contributed by atoms with Crippen LogP contribution >= 0.6 is 23.1 Å². The normalized spacial score (nSPS) is 11.0. The summed E-state index contributed by atoms with van der Waals surface area (Å²) in [6.45, 7) is 3.79. The van der Waals surface area contributed by atoms with Crippen LogP contribution in [-0.4, -0.2) is 38.4 Å². The maximum absolute atomic E-state index is 5.83. The van der Waals surface area contributed by atoms with Crippen LogP contribution in [0.3, 0.4) is 0 Å². The Hall–Kier alpha value is -2.75. The summed E-state index contributed by atoms with van der Waals surface area (Å²) in [7, 11) is 1.69. The van der Waals surface area contributed by atoms with Gasteiger partial charge < -0.3 is 9.47 Å². The lowest BCUT2D eigenvalue weighted by atomic mass is 10.2. The van der Waals surface area contributed by atoms with Crippen molar-refractivity contribution >= 4 is 23.1 Å². The minimum atomic E-state index is 0.467. The van der Waals surface area contributed by atoms with E-state index in [-0.39, 0.29) is 0 Å². The number of rotatable bonds is 10. The minimum absolute atomic E-state index is 0.467. The number of hydrogen-bond donors (Lipinski definition) is 0. The van der Waals surface area contributed by atoms with Crippen LogP contribution < -0.4 is 4.74 Å². The first-order chi connectivity index (χ1) is 15.2. The molecule has 0 aliphatic rings. The number of hydrogen-bond acceptors (Lipinski definition) is 8. The molecule has 9 heteroatoms. The lowest BCUT2D eigenvalue weighted by molar-refractivity contribution is 0.185. The third-order valence-electron chi connectivity index (χ3n) is 4.51. The van der Waals surface area contributed by atoms with Crippen LogP contribution in [0.5, 0.6) is 5.75 Å². The Labute approximate surface area is 189 Å². The van der Waals surface area contributed by atoms with E-state index in [9.17, 15) is 0 Å². The summed E-state index contributed by atoms with van der Waals surface area (Å²) in [6.07, 6.45) is 3.51. The Morgan fingerprint density at radius 1 is 1.06 bits per heavy atom. The number of pyridine rings is 1. The van der Waals surface area contributed by atoms with Gasteiger partial charge in [-0.25, -0.2) is 4.98 Å². The third-order valence-corrected chi connectivity index (χ3v) is 6.38. The van der Waals surface area contributed by atoms with E-state index in [2.05, 4.69) is 32.1 Å². The quantitative estimate of drug-likeness (QED) is 0.324. The first-order valence-corrected chi connectivity index (χ1v) is 11.7. The number of nitrogens with zero attached hydrogens (tertiary/aromatic N) is 5. The molecule has 0 aliphatic carbocycles. The van der Waals surface area contributed by atoms with Crippen LogP contribution in [0.1, 0.15) is 16.3 Å². The van der Waals surface area contributed by atoms with Crippen molar-refractivity contribution in [2.24, 2.45) is 0 Å². The number of thiazole rings is 1. The van der Waals surface area contributed by atoms with Crippen molar-refractivity contribution in [2.45, 2.75) is 31.0 Å². The summed E-state index contributed by atoms with van der Waals surface area (Å²) >= 11 is 3.23. The van der Waals surface area contributed by atoms with Crippen LogP contribution in [0.25, 0.3) is 11.4 Å². The molecule has 0 N–H and O–H groups in total. The molecule has 3 aromatic heterocycles. The van der Waals surface area contributed by atoms with E-state index >= 15 is 0 Å². The molecule has 0 bridgehead atoms. The van der Waals surface area contributed by atoms with Crippen LogP contribution in [0.15, 0.2) is 59.3 Å². The molecule has 0 amide bonds. The molecule has 0 fully saturated rings. The fraction of sp³-hybridized carbons (Fsp3) is 0.273. The fourth-order valence-electron chi connectivity index (χ4n) is 2.89. The Morgan fingerprint density at radius 3 is 2.65 bits per heavy atom. The molecule has 0 atom stereocenters. The van der Waals surface area contributed by atoms with Gasteiger partial charge in [-0.05, 0) is 31.2 Å². The average Bonchev–Trinajstić information content (AvgIpc) is 3.43. The standard InChI is InChI=1S/C22H23N5O2S2/c1-16-3-5-19(6-4-16)29-13-20-24-18(14-30-20)15-31-22-26-25-21(27(22)11-12-28-2)17-7-9-23-10-8-17/h3-10,14H,11-13,15H2,1-2H3. The molecule has 0 saturated carbocycles. The van der Waals surface area contributed by atoms with E-state index in [1.807, 2.05) is 36.4 Å². The number of thioether (sulfide) groups is 1. The second-order valence-electron chi connectivity index (χ2n) is 6.81. The molecule has 7 nitrogen and oxygen atoms in total. The SMILES string of the molecule is COCCn1c(SCc2csc(COc3ccc(C)cc3)n2)nnc1-c1ccncc1. The second-order valence-corrected chi connectivity index (χ2v) is 8.69. The van der Waals surface area contributed by atoms with Gasteiger partial charge in [0.2, 0.25) is 0 Å². The van der Waals surface area contributed by atoms with Gasteiger partial charge in [0, 0.05) is 36.2 Å². The van der Waals surface area contributed by atoms with Crippen molar-refractivity contribution < 1.29 is 9.47 Å². The molecule has 1 aromatic carbocycles. The highest BCUT2D eigenvalue weighted by atomic mass is 32.2. The maximum Gasteiger partial charge on any atom is 0.191 e. The van der Waals surface area contributed by atoms with Crippen molar-refractivity contribution in [3.8, 4) is 17.1 Å². The van der Waals surface area contributed by atoms with Crippen LogP contribution in [0.2, 0.25) is 0 Å². The number of methoxy groups -OCH3 is 1.